The molecule has 0 radical (unpaired) electrons. The van der Waals surface area contributed by atoms with Crippen LogP contribution in [0, 0.1) is 0 Å². The Balaban J connectivity index is 2.04. The largest absolute Gasteiger partial charge is 0.480 e. The van der Waals surface area contributed by atoms with Crippen molar-refractivity contribution in [1.29, 1.82) is 0 Å². The molecule has 0 saturated carbocycles. The highest BCUT2D eigenvalue weighted by molar-refractivity contribution is 5.76. The molecule has 104 valence electrons. The van der Waals surface area contributed by atoms with E-state index < -0.39 is 12.0 Å². The van der Waals surface area contributed by atoms with Crippen LogP contribution >= 0.6 is 0 Å². The Morgan fingerprint density at radius 1 is 1.37 bits per heavy atom. The van der Waals surface area contributed by atoms with Gasteiger partial charge in [-0.1, -0.05) is 0 Å². The van der Waals surface area contributed by atoms with Crippen LogP contribution in [0.15, 0.2) is 12.4 Å². The van der Waals surface area contributed by atoms with Gasteiger partial charge >= 0.3 is 5.97 Å². The maximum absolute atomic E-state index is 10.8. The Labute approximate surface area is 112 Å². The second-order valence-electron chi connectivity index (χ2n) is 4.76. The molecule has 2 heterocycles. The SMILES string of the molecule is CC(Nc1cc(N2CCN(C)CC2)ncn1)C(=O)O. The van der Waals surface area contributed by atoms with Gasteiger partial charge in [-0.25, -0.2) is 9.97 Å². The molecule has 1 saturated heterocycles. The molecular weight excluding hydrogens is 246 g/mol. The molecule has 0 amide bonds. The summed E-state index contributed by atoms with van der Waals surface area (Å²) in [5, 5.41) is 11.7. The number of aliphatic carboxylic acids is 1. The first-order chi connectivity index (χ1) is 9.06. The highest BCUT2D eigenvalue weighted by Crippen LogP contribution is 2.16. The van der Waals surface area contributed by atoms with Gasteiger partial charge in [-0.2, -0.15) is 0 Å². The van der Waals surface area contributed by atoms with Crippen molar-refractivity contribution in [3.05, 3.63) is 12.4 Å². The standard InChI is InChI=1S/C12H19N5O2/c1-9(12(18)19)15-10-7-11(14-8-13-10)17-5-3-16(2)4-6-17/h7-9H,3-6H2,1-2H3,(H,18,19)(H,13,14,15). The van der Waals surface area contributed by atoms with E-state index in [-0.39, 0.29) is 0 Å². The first kappa shape index (κ1) is 13.5. The molecule has 1 fully saturated rings. The van der Waals surface area contributed by atoms with Gasteiger partial charge in [0.2, 0.25) is 0 Å². The zero-order valence-corrected chi connectivity index (χ0v) is 11.2. The number of nitrogens with one attached hydrogen (secondary N) is 1. The van der Waals surface area contributed by atoms with Crippen molar-refractivity contribution in [2.24, 2.45) is 0 Å². The van der Waals surface area contributed by atoms with Crippen LogP contribution in [0.4, 0.5) is 11.6 Å². The van der Waals surface area contributed by atoms with Crippen LogP contribution in [0.3, 0.4) is 0 Å². The number of carbonyl (C=O) groups is 1. The van der Waals surface area contributed by atoms with E-state index in [1.165, 1.54) is 6.33 Å². The maximum atomic E-state index is 10.8. The van der Waals surface area contributed by atoms with Gasteiger partial charge in [0.25, 0.3) is 0 Å². The van der Waals surface area contributed by atoms with E-state index in [2.05, 4.69) is 32.1 Å². The van der Waals surface area contributed by atoms with E-state index in [0.29, 0.717) is 5.82 Å². The zero-order valence-electron chi connectivity index (χ0n) is 11.2. The molecule has 2 N–H and O–H groups in total. The summed E-state index contributed by atoms with van der Waals surface area (Å²) in [6.07, 6.45) is 1.46. The third kappa shape index (κ3) is 3.54. The average Bonchev–Trinajstić information content (AvgIpc) is 2.39. The van der Waals surface area contributed by atoms with E-state index in [4.69, 9.17) is 5.11 Å². The van der Waals surface area contributed by atoms with Crippen molar-refractivity contribution in [3.8, 4) is 0 Å². The van der Waals surface area contributed by atoms with Crippen LogP contribution in [0.1, 0.15) is 6.92 Å². The lowest BCUT2D eigenvalue weighted by Gasteiger charge is -2.33. The molecule has 1 aromatic heterocycles. The van der Waals surface area contributed by atoms with Gasteiger partial charge < -0.3 is 20.2 Å². The quantitative estimate of drug-likeness (QED) is 0.799. The van der Waals surface area contributed by atoms with Crippen LogP contribution in [0.25, 0.3) is 0 Å². The third-order valence-corrected chi connectivity index (χ3v) is 3.21. The fourth-order valence-electron chi connectivity index (χ4n) is 1.92. The molecule has 1 aliphatic rings. The molecule has 0 aliphatic carbocycles. The summed E-state index contributed by atoms with van der Waals surface area (Å²) in [5.74, 6) is 0.474. The summed E-state index contributed by atoms with van der Waals surface area (Å²) in [6, 6.07) is 1.13. The summed E-state index contributed by atoms with van der Waals surface area (Å²) in [4.78, 5) is 23.5. The summed E-state index contributed by atoms with van der Waals surface area (Å²) < 4.78 is 0. The third-order valence-electron chi connectivity index (χ3n) is 3.21. The Hall–Kier alpha value is -1.89. The Bertz CT molecular complexity index is 446. The van der Waals surface area contributed by atoms with Crippen LogP contribution in [0.5, 0.6) is 0 Å². The minimum Gasteiger partial charge on any atom is -0.480 e. The number of nitrogens with zero attached hydrogens (tertiary/aromatic N) is 4. The van der Waals surface area contributed by atoms with Crippen molar-refractivity contribution in [2.75, 3.05) is 43.4 Å². The first-order valence-electron chi connectivity index (χ1n) is 6.31. The number of rotatable bonds is 4. The molecule has 2 rings (SSSR count). The summed E-state index contributed by atoms with van der Waals surface area (Å²) in [5.41, 5.74) is 0. The predicted octanol–water partition coefficient (Wildman–Crippen LogP) is 0.113. The van der Waals surface area contributed by atoms with Crippen LogP contribution in [-0.2, 0) is 4.79 Å². The summed E-state index contributed by atoms with van der Waals surface area (Å²) in [7, 11) is 2.10. The number of aromatic nitrogens is 2. The second-order valence-corrected chi connectivity index (χ2v) is 4.76. The molecule has 1 unspecified atom stereocenters. The van der Waals surface area contributed by atoms with Crippen molar-refractivity contribution in [2.45, 2.75) is 13.0 Å². The minimum atomic E-state index is -0.903. The maximum Gasteiger partial charge on any atom is 0.325 e. The van der Waals surface area contributed by atoms with E-state index in [1.54, 1.807) is 13.0 Å². The van der Waals surface area contributed by atoms with Crippen LogP contribution < -0.4 is 10.2 Å². The van der Waals surface area contributed by atoms with Gasteiger partial charge in [0.05, 0.1) is 0 Å². The Morgan fingerprint density at radius 2 is 2.05 bits per heavy atom. The van der Waals surface area contributed by atoms with Crippen molar-refractivity contribution < 1.29 is 9.90 Å². The summed E-state index contributed by atoms with van der Waals surface area (Å²) in [6.45, 7) is 5.42. The molecule has 0 spiro atoms. The number of carboxylic acids is 1. The highest BCUT2D eigenvalue weighted by atomic mass is 16.4. The van der Waals surface area contributed by atoms with Crippen molar-refractivity contribution >= 4 is 17.6 Å². The molecule has 19 heavy (non-hydrogen) atoms. The Kier molecular flexibility index (Phi) is 4.16. The number of likely N-dealkylation sites (N-methyl/N-ethyl adjacent to an activating group) is 1. The van der Waals surface area contributed by atoms with E-state index in [9.17, 15) is 4.79 Å². The topological polar surface area (TPSA) is 81.6 Å². The molecular formula is C12H19N5O2. The summed E-state index contributed by atoms with van der Waals surface area (Å²) >= 11 is 0. The van der Waals surface area contributed by atoms with E-state index in [0.717, 1.165) is 32.0 Å². The lowest BCUT2D eigenvalue weighted by Crippen LogP contribution is -2.44. The van der Waals surface area contributed by atoms with Gasteiger partial charge in [0.15, 0.2) is 0 Å². The first-order valence-corrected chi connectivity index (χ1v) is 6.31. The smallest absolute Gasteiger partial charge is 0.325 e. The molecule has 0 aromatic carbocycles. The molecule has 7 nitrogen and oxygen atoms in total. The monoisotopic (exact) mass is 265 g/mol. The lowest BCUT2D eigenvalue weighted by molar-refractivity contribution is -0.137. The fourth-order valence-corrected chi connectivity index (χ4v) is 1.92. The van der Waals surface area contributed by atoms with Gasteiger partial charge in [-0.05, 0) is 14.0 Å². The zero-order chi connectivity index (χ0) is 13.8. The van der Waals surface area contributed by atoms with Crippen molar-refractivity contribution in [1.82, 2.24) is 14.9 Å². The number of hydrogen-bond acceptors (Lipinski definition) is 6. The molecule has 1 atom stereocenters. The van der Waals surface area contributed by atoms with Crippen LogP contribution in [-0.4, -0.2) is 65.2 Å². The number of carboxylic acid groups (broad SMARTS) is 1. The van der Waals surface area contributed by atoms with Gasteiger partial charge in [-0.3, -0.25) is 4.79 Å². The molecule has 1 aromatic rings. The Morgan fingerprint density at radius 3 is 2.68 bits per heavy atom. The molecule has 1 aliphatic heterocycles. The second kappa shape index (κ2) is 5.83. The van der Waals surface area contributed by atoms with E-state index in [1.807, 2.05) is 0 Å². The minimum absolute atomic E-state index is 0.541. The average molecular weight is 265 g/mol. The number of piperazine rings is 1. The highest BCUT2D eigenvalue weighted by Gasteiger charge is 2.17. The molecule has 7 heteroatoms. The van der Waals surface area contributed by atoms with E-state index >= 15 is 0 Å². The molecule has 0 bridgehead atoms. The van der Waals surface area contributed by atoms with Crippen molar-refractivity contribution in [3.63, 3.8) is 0 Å². The van der Waals surface area contributed by atoms with Gasteiger partial charge in [0.1, 0.15) is 24.0 Å². The van der Waals surface area contributed by atoms with Crippen LogP contribution in [0.2, 0.25) is 0 Å². The number of hydrogen-bond donors (Lipinski definition) is 2. The number of anilines is 2. The predicted molar refractivity (Wildman–Crippen MR) is 72.5 cm³/mol. The lowest BCUT2D eigenvalue weighted by atomic mass is 10.3. The van der Waals surface area contributed by atoms with Gasteiger partial charge in [-0.15, -0.1) is 0 Å². The normalized spacial score (nSPS) is 18.1. The fraction of sp³-hybridized carbons (Fsp3) is 0.583. The van der Waals surface area contributed by atoms with Gasteiger partial charge in [0, 0.05) is 32.2 Å².